The van der Waals surface area contributed by atoms with Gasteiger partial charge in [0.15, 0.2) is 0 Å². The second-order valence-corrected chi connectivity index (χ2v) is 55.3. The fourth-order valence-electron chi connectivity index (χ4n) is 7.17. The summed E-state index contributed by atoms with van der Waals surface area (Å²) in [6.07, 6.45) is 10.8. The van der Waals surface area contributed by atoms with Crippen LogP contribution in [0.2, 0.25) is 15.4 Å². The zero-order valence-corrected chi connectivity index (χ0v) is 28.1. The molecule has 0 N–H and O–H groups in total. The minimum atomic E-state index is -3.55. The van der Waals surface area contributed by atoms with Crippen molar-refractivity contribution in [1.82, 2.24) is 0 Å². The molecule has 0 nitrogen and oxygen atoms in total. The van der Waals surface area contributed by atoms with Crippen LogP contribution in [-0.2, 0) is 17.1 Å². The Hall–Kier alpha value is -0.993. The molecule has 0 heterocycles. The number of unbranched alkanes of at least 4 members (excludes halogenated alkanes) is 1. The molecule has 2 heteroatoms. The molecule has 0 aromatic heterocycles. The van der Waals surface area contributed by atoms with Crippen molar-refractivity contribution in [1.29, 1.82) is 0 Å². The standard InChI is InChI=1S/2C12H13.C4H10Si.C2H6.2CH3.Hf/c2*1-3-10-7-11-6-4-5-9(2)12(11)8-10;1-2-3-4-5;1-2;;;/h2*4-8H,3H2,1-2H3;5H,2-4H2,1H3;1-2H3;2*1H3;. The Bertz CT molecular complexity index is 1090. The molecule has 2 aromatic rings. The summed E-state index contributed by atoms with van der Waals surface area (Å²) < 4.78 is 7.23. The molecule has 2 unspecified atom stereocenters. The van der Waals surface area contributed by atoms with Gasteiger partial charge in [-0.05, 0) is 0 Å². The molecule has 0 amide bonds. The molecule has 0 radical (unpaired) electrons. The minimum absolute atomic E-state index is 0.476. The Morgan fingerprint density at radius 2 is 1.18 bits per heavy atom. The Balaban J connectivity index is 0.00000158. The number of hydrogen-bond donors (Lipinski definition) is 0. The summed E-state index contributed by atoms with van der Waals surface area (Å²) in [7, 11) is 0. The van der Waals surface area contributed by atoms with E-state index in [2.05, 4.69) is 92.5 Å². The molecule has 0 fully saturated rings. The fraction of sp³-hybridized carbons (Fsp3) is 0.500. The summed E-state index contributed by atoms with van der Waals surface area (Å²) in [5.41, 5.74) is 12.9. The zero-order valence-electron chi connectivity index (χ0n) is 23.4. The van der Waals surface area contributed by atoms with Crippen LogP contribution in [0.3, 0.4) is 0 Å². The summed E-state index contributed by atoms with van der Waals surface area (Å²) >= 11 is -3.55. The molecule has 184 valence electrons. The molecule has 2 aromatic carbocycles. The van der Waals surface area contributed by atoms with Crippen molar-refractivity contribution in [2.45, 2.75) is 96.9 Å². The Labute approximate surface area is 212 Å². The Morgan fingerprint density at radius 1 is 0.735 bits per heavy atom. The first kappa shape index (κ1) is 27.6. The van der Waals surface area contributed by atoms with Crippen LogP contribution in [0.4, 0.5) is 0 Å². The van der Waals surface area contributed by atoms with E-state index >= 15 is 0 Å². The van der Waals surface area contributed by atoms with E-state index in [9.17, 15) is 0 Å². The van der Waals surface area contributed by atoms with Crippen molar-refractivity contribution in [2.75, 3.05) is 0 Å². The van der Waals surface area contributed by atoms with Gasteiger partial charge >= 0.3 is 199 Å². The van der Waals surface area contributed by atoms with E-state index in [1.54, 1.807) is 33.4 Å². The van der Waals surface area contributed by atoms with Crippen molar-refractivity contribution in [3.05, 3.63) is 80.9 Å². The average molecular weight is 639 g/mol. The van der Waals surface area contributed by atoms with Crippen LogP contribution in [-0.4, -0.2) is 6.22 Å². The molecular weight excluding hydrogens is 591 g/mol. The molecule has 4 rings (SSSR count). The second-order valence-electron chi connectivity index (χ2n) is 11.2. The summed E-state index contributed by atoms with van der Waals surface area (Å²) in [5, 5.41) is 0. The summed E-state index contributed by atoms with van der Waals surface area (Å²) in [5.74, 6) is 0. The van der Waals surface area contributed by atoms with Gasteiger partial charge in [0.2, 0.25) is 0 Å². The van der Waals surface area contributed by atoms with Crippen LogP contribution in [0.1, 0.15) is 101 Å². The van der Waals surface area contributed by atoms with E-state index in [1.165, 1.54) is 42.9 Å². The molecular formula is C32H48HfSi. The van der Waals surface area contributed by atoms with Gasteiger partial charge in [-0.25, -0.2) is 0 Å². The summed E-state index contributed by atoms with van der Waals surface area (Å²) in [6, 6.07) is 15.8. The number of rotatable bonds is 7. The molecule has 2 aliphatic rings. The number of benzene rings is 2. The van der Waals surface area contributed by atoms with Crippen LogP contribution in [0, 0.1) is 13.8 Å². The molecule has 34 heavy (non-hydrogen) atoms. The third-order valence-electron chi connectivity index (χ3n) is 8.72. The molecule has 2 aliphatic carbocycles. The third-order valence-corrected chi connectivity index (χ3v) is 51.1. The van der Waals surface area contributed by atoms with Crippen LogP contribution < -0.4 is 0 Å². The van der Waals surface area contributed by atoms with E-state index in [0.717, 1.165) is 0 Å². The fourth-order valence-corrected chi connectivity index (χ4v) is 53.2. The molecule has 2 atom stereocenters. The number of aryl methyl sites for hydroxylation is 2. The Morgan fingerprint density at radius 3 is 1.56 bits per heavy atom. The summed E-state index contributed by atoms with van der Waals surface area (Å²) in [6.45, 7) is 15.8. The van der Waals surface area contributed by atoms with E-state index < -0.39 is 17.1 Å². The third kappa shape index (κ3) is 4.59. The van der Waals surface area contributed by atoms with Crippen molar-refractivity contribution in [3.63, 3.8) is 0 Å². The maximum atomic E-state index is 2.90. The molecule has 0 saturated heterocycles. The Kier molecular flexibility index (Phi) is 8.89. The monoisotopic (exact) mass is 640 g/mol. The number of hydrogen-bond acceptors (Lipinski definition) is 0. The van der Waals surface area contributed by atoms with Gasteiger partial charge in [0, 0.05) is 0 Å². The predicted molar refractivity (Wildman–Crippen MR) is 154 cm³/mol. The first-order chi connectivity index (χ1) is 16.3. The molecule has 0 aliphatic heterocycles. The van der Waals surface area contributed by atoms with Gasteiger partial charge in [0.25, 0.3) is 0 Å². The quantitative estimate of drug-likeness (QED) is 0.209. The van der Waals surface area contributed by atoms with Gasteiger partial charge in [-0.2, -0.15) is 0 Å². The molecule has 0 saturated carbocycles. The van der Waals surface area contributed by atoms with Gasteiger partial charge in [-0.1, -0.05) is 13.8 Å². The average Bonchev–Trinajstić information content (AvgIpc) is 3.42. The van der Waals surface area contributed by atoms with Crippen LogP contribution in [0.25, 0.3) is 12.2 Å². The van der Waals surface area contributed by atoms with E-state index in [4.69, 9.17) is 0 Å². The van der Waals surface area contributed by atoms with Gasteiger partial charge in [0.05, 0.1) is 0 Å². The van der Waals surface area contributed by atoms with Gasteiger partial charge < -0.3 is 0 Å². The van der Waals surface area contributed by atoms with Crippen LogP contribution in [0.15, 0.2) is 47.5 Å². The van der Waals surface area contributed by atoms with Crippen molar-refractivity contribution >= 4 is 18.4 Å². The number of allylic oxidation sites excluding steroid dienone is 2. The first-order valence-corrected chi connectivity index (χ1v) is 32.9. The van der Waals surface area contributed by atoms with Crippen molar-refractivity contribution in [3.8, 4) is 0 Å². The number of fused-ring (bicyclic) bond motifs is 2. The van der Waals surface area contributed by atoms with Crippen molar-refractivity contribution < 1.29 is 17.1 Å². The van der Waals surface area contributed by atoms with Gasteiger partial charge in [0.1, 0.15) is 0 Å². The molecule has 0 bridgehead atoms. The van der Waals surface area contributed by atoms with Crippen molar-refractivity contribution in [2.24, 2.45) is 0 Å². The maximum absolute atomic E-state index is 3.55. The SMILES string of the molecule is CC.CCCC[SiH]=[Hf]([CH3])([CH3])([CH]1C(CC)=Cc2c(C)cccc21)[CH]1C(CC)=Cc2c(C)cccc21. The van der Waals surface area contributed by atoms with Crippen LogP contribution in [0.5, 0.6) is 0 Å². The van der Waals surface area contributed by atoms with E-state index in [-0.39, 0.29) is 0 Å². The predicted octanol–water partition coefficient (Wildman–Crippen LogP) is 10.1. The summed E-state index contributed by atoms with van der Waals surface area (Å²) in [4.78, 5) is 0. The topological polar surface area (TPSA) is 0 Å². The van der Waals surface area contributed by atoms with E-state index in [1.807, 2.05) is 13.8 Å². The van der Waals surface area contributed by atoms with Gasteiger partial charge in [-0.15, -0.1) is 0 Å². The van der Waals surface area contributed by atoms with Gasteiger partial charge in [-0.3, -0.25) is 0 Å². The zero-order chi connectivity index (χ0) is 25.1. The van der Waals surface area contributed by atoms with Crippen LogP contribution >= 0.6 is 0 Å². The van der Waals surface area contributed by atoms with E-state index in [0.29, 0.717) is 13.6 Å². The second kappa shape index (κ2) is 11.0. The molecule has 0 spiro atoms. The normalized spacial score (nSPS) is 19.0. The first-order valence-electron chi connectivity index (χ1n) is 13.9.